The van der Waals surface area contributed by atoms with E-state index in [2.05, 4.69) is 80.1 Å². The predicted octanol–water partition coefficient (Wildman–Crippen LogP) is 16.8. The molecule has 8 nitrogen and oxygen atoms in total. The molecule has 0 heterocycles. The number of hydrogen-bond donors (Lipinski definition) is 0. The molecule has 4 aromatic carbocycles. The summed E-state index contributed by atoms with van der Waals surface area (Å²) in [5, 5.41) is 0. The molecule has 0 bridgehead atoms. The van der Waals surface area contributed by atoms with Crippen LogP contribution < -0.4 is 18.9 Å². The first kappa shape index (κ1) is 57.3. The van der Waals surface area contributed by atoms with Gasteiger partial charge in [-0.1, -0.05) is 117 Å². The van der Waals surface area contributed by atoms with Crippen molar-refractivity contribution < 1.29 is 36.8 Å². The van der Waals surface area contributed by atoms with Crippen LogP contribution in [0.15, 0.2) is 97.1 Å². The first-order chi connectivity index (χ1) is 29.6. The van der Waals surface area contributed by atoms with E-state index < -0.39 is 51.0 Å². The Morgan fingerprint density at radius 3 is 0.923 bits per heavy atom. The van der Waals surface area contributed by atoms with Gasteiger partial charge in [0.2, 0.25) is 0 Å². The van der Waals surface area contributed by atoms with E-state index in [1.165, 1.54) is 48.9 Å². The summed E-state index contributed by atoms with van der Waals surface area (Å²) < 4.78 is 35.5. The number of ether oxygens (including phenoxy) is 4. The van der Waals surface area contributed by atoms with Crippen molar-refractivity contribution in [3.05, 3.63) is 119 Å². The normalized spacial score (nSPS) is 12.1. The second-order valence-electron chi connectivity index (χ2n) is 20.0. The molecule has 65 heavy (non-hydrogen) atoms. The maximum Gasteiger partial charge on any atom is 0.519 e. The van der Waals surface area contributed by atoms with Gasteiger partial charge >= 0.3 is 12.3 Å². The number of benzene rings is 4. The summed E-state index contributed by atoms with van der Waals surface area (Å²) in [5.41, 5.74) is 4.06. The van der Waals surface area contributed by atoms with Gasteiger partial charge in [-0.15, -0.1) is 0 Å². The molecule has 4 rings (SSSR count). The Bertz CT molecular complexity index is 1870. The smallest absolute Gasteiger partial charge is 0.455 e. The molecule has 0 aliphatic heterocycles. The fourth-order valence-electron chi connectivity index (χ4n) is 8.26. The summed E-state index contributed by atoms with van der Waals surface area (Å²) in [7, 11) is -6.65. The Balaban J connectivity index is 0.00000726. The second kappa shape index (κ2) is 25.9. The van der Waals surface area contributed by atoms with Crippen LogP contribution in [0.4, 0.5) is 9.59 Å². The minimum absolute atomic E-state index is 0. The molecule has 12 heteroatoms. The molecule has 0 aliphatic carbocycles. The average molecular weight is 962 g/mol. The highest BCUT2D eigenvalue weighted by atomic mass is 28.4. The highest BCUT2D eigenvalue weighted by Gasteiger charge is 2.33. The molecule has 0 aromatic heterocycles. The van der Waals surface area contributed by atoms with Crippen LogP contribution in [0.2, 0.25) is 76.6 Å². The van der Waals surface area contributed by atoms with E-state index in [0.717, 1.165) is 48.9 Å². The molecule has 0 amide bonds. The van der Waals surface area contributed by atoms with Crippen molar-refractivity contribution in [2.75, 3.05) is 0 Å². The Hall–Kier alpha value is -3.79. The molecule has 0 fully saturated rings. The average Bonchev–Trinajstić information content (AvgIpc) is 3.20. The van der Waals surface area contributed by atoms with Crippen molar-refractivity contribution in [2.24, 2.45) is 0 Å². The van der Waals surface area contributed by atoms with Crippen LogP contribution >= 0.6 is 0 Å². The topological polar surface area (TPSA) is 89.5 Å². The summed E-state index contributed by atoms with van der Waals surface area (Å²) in [6.07, 6.45) is 7.44. The number of unbranched alkanes of at least 4 members (excludes halogenated alkanes) is 2. The van der Waals surface area contributed by atoms with Gasteiger partial charge in [0.05, 0.1) is 0 Å². The van der Waals surface area contributed by atoms with Gasteiger partial charge in [0.25, 0.3) is 0 Å². The van der Waals surface area contributed by atoms with Crippen molar-refractivity contribution in [2.45, 2.75) is 176 Å². The van der Waals surface area contributed by atoms with Crippen molar-refractivity contribution in [3.8, 4) is 23.0 Å². The third-order valence-electron chi connectivity index (χ3n) is 11.7. The van der Waals surface area contributed by atoms with E-state index in [-0.39, 0.29) is 14.9 Å². The lowest BCUT2D eigenvalue weighted by Gasteiger charge is -2.34. The zero-order valence-electron chi connectivity index (χ0n) is 40.5. The van der Waals surface area contributed by atoms with Gasteiger partial charge in [0.15, 0.2) is 33.3 Å². The molecule has 0 aliphatic rings. The molecule has 0 saturated heterocycles. The molecule has 0 atom stereocenters. The lowest BCUT2D eigenvalue weighted by Crippen LogP contribution is -2.44. The maximum absolute atomic E-state index is 12.7. The van der Waals surface area contributed by atoms with Gasteiger partial charge in [-0.25, -0.2) is 9.59 Å². The fraction of sp³-hybridized carbons (Fsp3) is 0.509. The van der Waals surface area contributed by atoms with E-state index in [4.69, 9.17) is 27.2 Å². The van der Waals surface area contributed by atoms with Crippen molar-refractivity contribution >= 4 is 45.6 Å². The highest BCUT2D eigenvalue weighted by molar-refractivity contribution is 6.85. The highest BCUT2D eigenvalue weighted by Crippen LogP contribution is 2.34. The molecule has 360 valence electrons. The van der Waals surface area contributed by atoms with Crippen LogP contribution in [0.5, 0.6) is 23.0 Å². The van der Waals surface area contributed by atoms with Crippen molar-refractivity contribution in [1.29, 1.82) is 0 Å². The van der Waals surface area contributed by atoms with E-state index >= 15 is 0 Å². The summed E-state index contributed by atoms with van der Waals surface area (Å²) >= 11 is 0. The summed E-state index contributed by atoms with van der Waals surface area (Å²) in [6.45, 7) is 27.5. The van der Waals surface area contributed by atoms with E-state index in [0.29, 0.717) is 23.0 Å². The maximum atomic E-state index is 12.7. The fourth-order valence-corrected chi connectivity index (χ4v) is 26.3. The first-order valence-electron chi connectivity index (χ1n) is 23.2. The Kier molecular flexibility index (Phi) is 22.9. The van der Waals surface area contributed by atoms with E-state index in [9.17, 15) is 9.59 Å². The van der Waals surface area contributed by atoms with Crippen LogP contribution in [0.1, 0.15) is 103 Å². The molecule has 0 unspecified atom stereocenters. The van der Waals surface area contributed by atoms with Gasteiger partial charge in [-0.2, -0.15) is 0 Å². The first-order valence-corrected chi connectivity index (χ1v) is 35.6. The summed E-state index contributed by atoms with van der Waals surface area (Å²) in [4.78, 5) is 25.4. The third kappa shape index (κ3) is 20.3. The van der Waals surface area contributed by atoms with Crippen LogP contribution in [-0.4, -0.2) is 45.6 Å². The number of aryl methyl sites for hydroxylation is 2. The largest absolute Gasteiger partial charge is 0.519 e. The lowest BCUT2D eigenvalue weighted by atomic mass is 9.78. The van der Waals surface area contributed by atoms with E-state index in [1.807, 2.05) is 72.8 Å². The predicted molar refractivity (Wildman–Crippen MR) is 282 cm³/mol. The van der Waals surface area contributed by atoms with Gasteiger partial charge in [0, 0.05) is 5.41 Å². The summed E-state index contributed by atoms with van der Waals surface area (Å²) in [6, 6.07) is 34.8. The molecule has 0 spiro atoms. The Morgan fingerprint density at radius 2 is 0.662 bits per heavy atom. The van der Waals surface area contributed by atoms with Gasteiger partial charge in [-0.05, 0) is 173 Å². The zero-order valence-corrected chi connectivity index (χ0v) is 44.5. The van der Waals surface area contributed by atoms with Gasteiger partial charge in [-0.3, -0.25) is 0 Å². The third-order valence-corrected chi connectivity index (χ3v) is 26.7. The molecule has 0 N–H and O–H groups in total. The van der Waals surface area contributed by atoms with Crippen molar-refractivity contribution in [3.63, 3.8) is 0 Å². The van der Waals surface area contributed by atoms with Crippen LogP contribution in [0.25, 0.3) is 0 Å². The lowest BCUT2D eigenvalue weighted by molar-refractivity contribution is 0.150. The minimum Gasteiger partial charge on any atom is -0.455 e. The van der Waals surface area contributed by atoms with E-state index in [1.54, 1.807) is 24.3 Å². The molecule has 0 radical (unpaired) electrons. The van der Waals surface area contributed by atoms with Crippen LogP contribution in [-0.2, 0) is 26.5 Å². The quantitative estimate of drug-likeness (QED) is 0.0390. The number of hydrogen-bond acceptors (Lipinski definition) is 8. The number of carbonyl (C=O) groups is 2. The SMILES string of the molecule is C.C.CCCC[Si](C)(C)O[Si](C)(C)CCCc1ccc(OC(=O)Oc2ccc(C(C)(C)c3ccc(OC(=O)Oc4ccc(CCC[Si](C)(C)O[Si](C)(C)CCCC)cc4)cc3)cc2)cc1. The molecular weight excluding hydrogens is 877 g/mol. The Morgan fingerprint density at radius 1 is 0.415 bits per heavy atom. The zero-order chi connectivity index (χ0) is 46.3. The van der Waals surface area contributed by atoms with Crippen LogP contribution in [0.3, 0.4) is 0 Å². The van der Waals surface area contributed by atoms with Crippen LogP contribution in [0, 0.1) is 0 Å². The second-order valence-corrected chi connectivity index (χ2v) is 37.7. The monoisotopic (exact) mass is 961 g/mol. The number of rotatable bonds is 24. The molecule has 0 saturated carbocycles. The standard InChI is InChI=1S/C51H76O8Si4.2CH4/c1-13-15-37-60(5,6)58-62(9,10)39-17-19-41-21-29-45(30-22-41)54-49(52)56-47-33-25-43(26-34-47)51(3,4)44-27-35-48(36-28-44)57-50(53)55-46-31-23-42(24-32-46)20-18-40-63(11,12)59-61(7,8)38-16-14-2;;/h21-36H,13-20,37-40H2,1-12H3;2*1H4. The van der Waals surface area contributed by atoms with Gasteiger partial charge < -0.3 is 27.2 Å². The minimum atomic E-state index is -1.72. The van der Waals surface area contributed by atoms with Gasteiger partial charge in [0.1, 0.15) is 23.0 Å². The molecule has 4 aromatic rings. The van der Waals surface area contributed by atoms with Crippen molar-refractivity contribution in [1.82, 2.24) is 0 Å². The Labute approximate surface area is 398 Å². The molecular formula is C53H84O8Si4. The number of carbonyl (C=O) groups excluding carboxylic acids is 2. The summed E-state index contributed by atoms with van der Waals surface area (Å²) in [5.74, 6) is 1.65.